The van der Waals surface area contributed by atoms with Crippen LogP contribution in [0.1, 0.15) is 5.69 Å². The van der Waals surface area contributed by atoms with Gasteiger partial charge in [0.15, 0.2) is 0 Å². The molecule has 2 rings (SSSR count). The topological polar surface area (TPSA) is 64.1 Å². The number of halogens is 1. The van der Waals surface area contributed by atoms with Gasteiger partial charge in [0.05, 0.1) is 5.69 Å². The molecule has 1 heterocycles. The van der Waals surface area contributed by atoms with Gasteiger partial charge in [-0.2, -0.15) is 4.98 Å². The lowest BCUT2D eigenvalue weighted by Crippen LogP contribution is -2.02. The molecule has 0 fully saturated rings. The number of hydrogen-bond donors (Lipinski definition) is 2. The Hall–Kier alpha value is -1.88. The van der Waals surface area contributed by atoms with E-state index in [1.54, 1.807) is 18.4 Å². The zero-order valence-electron chi connectivity index (χ0n) is 8.61. The Balaban J connectivity index is 2.05. The van der Waals surface area contributed by atoms with Crippen molar-refractivity contribution in [3.63, 3.8) is 0 Å². The summed E-state index contributed by atoms with van der Waals surface area (Å²) in [7, 11) is 0. The van der Waals surface area contributed by atoms with Crippen LogP contribution in [0, 0.1) is 5.82 Å². The first-order valence-electron chi connectivity index (χ1n) is 4.95. The van der Waals surface area contributed by atoms with Crippen LogP contribution in [0.5, 0.6) is 0 Å². The fourth-order valence-electron chi connectivity index (χ4n) is 1.28. The lowest BCUT2D eigenvalue weighted by molar-refractivity contribution is 0.575. The van der Waals surface area contributed by atoms with Crippen LogP contribution in [0.4, 0.5) is 16.1 Å². The Morgan fingerprint density at radius 1 is 1.31 bits per heavy atom. The molecule has 0 amide bonds. The van der Waals surface area contributed by atoms with Gasteiger partial charge >= 0.3 is 0 Å². The normalized spacial score (nSPS) is 10.4. The Bertz CT molecular complexity index is 453. The number of nitrogens with zero attached hydrogens (tertiary/aromatic N) is 1. The quantitative estimate of drug-likeness (QED) is 0.829. The number of aromatic nitrogens is 1. The van der Waals surface area contributed by atoms with Crippen LogP contribution in [0.2, 0.25) is 0 Å². The number of nitrogens with one attached hydrogen (secondary N) is 1. The van der Waals surface area contributed by atoms with Crippen molar-refractivity contribution in [1.82, 2.24) is 4.98 Å². The zero-order valence-corrected chi connectivity index (χ0v) is 8.61. The number of rotatable bonds is 4. The van der Waals surface area contributed by atoms with Gasteiger partial charge in [-0.15, -0.1) is 0 Å². The molecule has 2 aromatic rings. The third-order valence-corrected chi connectivity index (χ3v) is 2.05. The number of anilines is 2. The molecule has 5 heteroatoms. The van der Waals surface area contributed by atoms with E-state index in [4.69, 9.17) is 10.2 Å². The van der Waals surface area contributed by atoms with E-state index in [1.807, 2.05) is 0 Å². The van der Waals surface area contributed by atoms with Gasteiger partial charge < -0.3 is 15.5 Å². The van der Waals surface area contributed by atoms with Gasteiger partial charge in [-0.25, -0.2) is 4.39 Å². The van der Waals surface area contributed by atoms with Crippen LogP contribution in [0.25, 0.3) is 0 Å². The van der Waals surface area contributed by atoms with Crippen LogP contribution in [-0.2, 0) is 6.42 Å². The van der Waals surface area contributed by atoms with Crippen molar-refractivity contribution >= 4 is 11.7 Å². The van der Waals surface area contributed by atoms with Gasteiger partial charge in [0.1, 0.15) is 12.1 Å². The van der Waals surface area contributed by atoms with Crippen molar-refractivity contribution in [2.24, 2.45) is 5.73 Å². The largest absolute Gasteiger partial charge is 0.432 e. The van der Waals surface area contributed by atoms with Crippen molar-refractivity contribution < 1.29 is 8.81 Å². The third kappa shape index (κ3) is 2.58. The Morgan fingerprint density at radius 3 is 2.75 bits per heavy atom. The maximum absolute atomic E-state index is 12.6. The van der Waals surface area contributed by atoms with E-state index >= 15 is 0 Å². The highest BCUT2D eigenvalue weighted by Gasteiger charge is 2.03. The summed E-state index contributed by atoms with van der Waals surface area (Å²) in [6.45, 7) is 0.530. The molecule has 0 unspecified atom stereocenters. The average molecular weight is 221 g/mol. The van der Waals surface area contributed by atoms with Crippen LogP contribution >= 0.6 is 0 Å². The summed E-state index contributed by atoms with van der Waals surface area (Å²) in [5, 5.41) is 2.92. The molecule has 0 radical (unpaired) electrons. The molecule has 0 spiro atoms. The third-order valence-electron chi connectivity index (χ3n) is 2.05. The summed E-state index contributed by atoms with van der Waals surface area (Å²) in [5.74, 6) is -0.276. The van der Waals surface area contributed by atoms with Gasteiger partial charge in [-0.05, 0) is 30.8 Å². The number of hydrogen-bond acceptors (Lipinski definition) is 4. The maximum atomic E-state index is 12.6. The number of oxazole rings is 1. The van der Waals surface area contributed by atoms with Crippen LogP contribution < -0.4 is 11.1 Å². The van der Waals surface area contributed by atoms with E-state index in [0.29, 0.717) is 19.0 Å². The zero-order chi connectivity index (χ0) is 11.4. The van der Waals surface area contributed by atoms with E-state index in [0.717, 1.165) is 11.4 Å². The van der Waals surface area contributed by atoms with Crippen molar-refractivity contribution in [3.05, 3.63) is 42.0 Å². The standard InChI is InChI=1S/C11H12FN3O/c12-8-1-3-9(4-2-8)14-11-15-10(5-6-13)7-16-11/h1-4,7H,5-6,13H2,(H,14,15). The predicted octanol–water partition coefficient (Wildman–Crippen LogP) is 2.06. The van der Waals surface area contributed by atoms with Crippen molar-refractivity contribution in [2.75, 3.05) is 11.9 Å². The summed E-state index contributed by atoms with van der Waals surface area (Å²) >= 11 is 0. The number of benzene rings is 1. The van der Waals surface area contributed by atoms with Gasteiger partial charge in [0.25, 0.3) is 6.01 Å². The second-order valence-electron chi connectivity index (χ2n) is 3.31. The lowest BCUT2D eigenvalue weighted by Gasteiger charge is -2.00. The number of nitrogens with two attached hydrogens (primary N) is 1. The van der Waals surface area contributed by atoms with Gasteiger partial charge in [-0.3, -0.25) is 0 Å². The fraction of sp³-hybridized carbons (Fsp3) is 0.182. The first-order chi connectivity index (χ1) is 7.78. The van der Waals surface area contributed by atoms with Crippen LogP contribution in [-0.4, -0.2) is 11.5 Å². The maximum Gasteiger partial charge on any atom is 0.299 e. The van der Waals surface area contributed by atoms with Gasteiger partial charge in [-0.1, -0.05) is 0 Å². The van der Waals surface area contributed by atoms with E-state index in [-0.39, 0.29) is 5.82 Å². The summed E-state index contributed by atoms with van der Waals surface area (Å²) in [5.41, 5.74) is 6.92. The lowest BCUT2D eigenvalue weighted by atomic mass is 10.3. The molecule has 4 nitrogen and oxygen atoms in total. The Kier molecular flexibility index (Phi) is 3.16. The van der Waals surface area contributed by atoms with Crippen molar-refractivity contribution in [2.45, 2.75) is 6.42 Å². The fourth-order valence-corrected chi connectivity index (χ4v) is 1.28. The summed E-state index contributed by atoms with van der Waals surface area (Å²) in [4.78, 5) is 4.17. The van der Waals surface area contributed by atoms with E-state index < -0.39 is 0 Å². The molecule has 0 aliphatic carbocycles. The van der Waals surface area contributed by atoms with E-state index in [2.05, 4.69) is 10.3 Å². The smallest absolute Gasteiger partial charge is 0.299 e. The molecule has 0 saturated carbocycles. The molecule has 1 aromatic carbocycles. The predicted molar refractivity (Wildman–Crippen MR) is 58.9 cm³/mol. The summed E-state index contributed by atoms with van der Waals surface area (Å²) in [6.07, 6.45) is 2.23. The molecular weight excluding hydrogens is 209 g/mol. The first-order valence-corrected chi connectivity index (χ1v) is 4.95. The molecule has 0 aliphatic heterocycles. The minimum absolute atomic E-state index is 0.276. The highest BCUT2D eigenvalue weighted by molar-refractivity contribution is 5.51. The highest BCUT2D eigenvalue weighted by Crippen LogP contribution is 2.16. The summed E-state index contributed by atoms with van der Waals surface area (Å²) < 4.78 is 17.8. The first kappa shape index (κ1) is 10.6. The van der Waals surface area contributed by atoms with Gasteiger partial charge in [0, 0.05) is 12.1 Å². The molecule has 3 N–H and O–H groups in total. The second kappa shape index (κ2) is 4.76. The SMILES string of the molecule is NCCc1coc(Nc2ccc(F)cc2)n1. The molecule has 0 bridgehead atoms. The van der Waals surface area contributed by atoms with Crippen LogP contribution in [0.15, 0.2) is 34.9 Å². The minimum Gasteiger partial charge on any atom is -0.432 e. The monoisotopic (exact) mass is 221 g/mol. The second-order valence-corrected chi connectivity index (χ2v) is 3.31. The Labute approximate surface area is 92.3 Å². The van der Waals surface area contributed by atoms with Crippen LogP contribution in [0.3, 0.4) is 0 Å². The highest BCUT2D eigenvalue weighted by atomic mass is 19.1. The molecular formula is C11H12FN3O. The average Bonchev–Trinajstić information content (AvgIpc) is 2.70. The van der Waals surface area contributed by atoms with Gasteiger partial charge in [0.2, 0.25) is 0 Å². The van der Waals surface area contributed by atoms with E-state index in [9.17, 15) is 4.39 Å². The van der Waals surface area contributed by atoms with Crippen molar-refractivity contribution in [3.8, 4) is 0 Å². The molecule has 0 aliphatic rings. The Morgan fingerprint density at radius 2 is 2.06 bits per heavy atom. The van der Waals surface area contributed by atoms with E-state index in [1.165, 1.54) is 12.1 Å². The van der Waals surface area contributed by atoms with Crippen molar-refractivity contribution in [1.29, 1.82) is 0 Å². The molecule has 1 aromatic heterocycles. The molecule has 0 atom stereocenters. The minimum atomic E-state index is -0.276. The summed E-state index contributed by atoms with van der Waals surface area (Å²) in [6, 6.07) is 6.35. The molecule has 0 saturated heterocycles. The molecule has 84 valence electrons. The molecule has 16 heavy (non-hydrogen) atoms.